The van der Waals surface area contributed by atoms with E-state index in [1.807, 2.05) is 48.5 Å². The van der Waals surface area contributed by atoms with Gasteiger partial charge in [0.1, 0.15) is 0 Å². The standard InChI is InChI=1S/C22H22BrN5O/c1-27-10-12-28(13-11-27)21-9-8-20(25-26-21)16-4-3-7-19(15-16)24-22(29)17-5-2-6-18(23)14-17/h2-9,14-15H,10-13H2,1H3,(H,24,29). The number of benzene rings is 2. The number of rotatable bonds is 4. The van der Waals surface area contributed by atoms with E-state index in [2.05, 4.69) is 48.3 Å². The first kappa shape index (κ1) is 19.5. The maximum atomic E-state index is 12.5. The molecule has 1 N–H and O–H groups in total. The SMILES string of the molecule is CN1CCN(c2ccc(-c3cccc(NC(=O)c4cccc(Br)c4)c3)nn2)CC1. The Hall–Kier alpha value is -2.77. The number of hydrogen-bond donors (Lipinski definition) is 1. The molecule has 1 fully saturated rings. The fourth-order valence-electron chi connectivity index (χ4n) is 3.27. The number of likely N-dealkylation sites (N-methyl/N-ethyl adjacent to an activating group) is 1. The highest BCUT2D eigenvalue weighted by Gasteiger charge is 2.16. The van der Waals surface area contributed by atoms with Crippen LogP contribution >= 0.6 is 15.9 Å². The van der Waals surface area contributed by atoms with Crippen molar-refractivity contribution >= 4 is 33.3 Å². The molecule has 0 unspecified atom stereocenters. The van der Waals surface area contributed by atoms with Gasteiger partial charge in [-0.1, -0.05) is 34.1 Å². The Balaban J connectivity index is 1.47. The Labute approximate surface area is 178 Å². The third-order valence-electron chi connectivity index (χ3n) is 4.98. The topological polar surface area (TPSA) is 61.4 Å². The molecule has 6 nitrogen and oxygen atoms in total. The largest absolute Gasteiger partial charge is 0.353 e. The zero-order valence-corrected chi connectivity index (χ0v) is 17.8. The van der Waals surface area contributed by atoms with E-state index in [-0.39, 0.29) is 5.91 Å². The normalized spacial score (nSPS) is 14.6. The predicted octanol–water partition coefficient (Wildman–Crippen LogP) is 3.91. The first-order valence-corrected chi connectivity index (χ1v) is 10.3. The minimum Gasteiger partial charge on any atom is -0.353 e. The lowest BCUT2D eigenvalue weighted by Gasteiger charge is -2.32. The molecule has 0 spiro atoms. The zero-order chi connectivity index (χ0) is 20.2. The number of nitrogens with one attached hydrogen (secondary N) is 1. The van der Waals surface area contributed by atoms with Crippen molar-refractivity contribution < 1.29 is 4.79 Å². The first-order valence-electron chi connectivity index (χ1n) is 9.53. The number of aromatic nitrogens is 2. The van der Waals surface area contributed by atoms with Gasteiger partial charge in [0, 0.05) is 47.5 Å². The maximum absolute atomic E-state index is 12.5. The number of nitrogens with zero attached hydrogens (tertiary/aromatic N) is 4. The fourth-order valence-corrected chi connectivity index (χ4v) is 3.67. The van der Waals surface area contributed by atoms with Crippen LogP contribution in [0.5, 0.6) is 0 Å². The number of amides is 1. The second-order valence-electron chi connectivity index (χ2n) is 7.11. The Morgan fingerprint density at radius 2 is 1.76 bits per heavy atom. The lowest BCUT2D eigenvalue weighted by atomic mass is 10.1. The van der Waals surface area contributed by atoms with Gasteiger partial charge in [0.25, 0.3) is 5.91 Å². The molecular formula is C22H22BrN5O. The fraction of sp³-hybridized carbons (Fsp3) is 0.227. The van der Waals surface area contributed by atoms with Crippen LogP contribution in [0.4, 0.5) is 11.5 Å². The average molecular weight is 452 g/mol. The molecule has 1 aliphatic rings. The average Bonchev–Trinajstić information content (AvgIpc) is 2.75. The second kappa shape index (κ2) is 8.71. The summed E-state index contributed by atoms with van der Waals surface area (Å²) in [5.41, 5.74) is 3.01. The summed E-state index contributed by atoms with van der Waals surface area (Å²) in [7, 11) is 2.13. The van der Waals surface area contributed by atoms with E-state index in [9.17, 15) is 4.79 Å². The molecule has 3 aromatic rings. The molecule has 148 valence electrons. The third kappa shape index (κ3) is 4.81. The van der Waals surface area contributed by atoms with E-state index in [1.165, 1.54) is 0 Å². The van der Waals surface area contributed by atoms with Crippen LogP contribution in [0.25, 0.3) is 11.3 Å². The minimum absolute atomic E-state index is 0.153. The summed E-state index contributed by atoms with van der Waals surface area (Å²) >= 11 is 3.39. The van der Waals surface area contributed by atoms with E-state index >= 15 is 0 Å². The molecule has 0 saturated carbocycles. The first-order chi connectivity index (χ1) is 14.1. The number of halogens is 1. The van der Waals surface area contributed by atoms with Crippen LogP contribution in [0.2, 0.25) is 0 Å². The summed E-state index contributed by atoms with van der Waals surface area (Å²) in [6.45, 7) is 3.98. The zero-order valence-electron chi connectivity index (χ0n) is 16.2. The van der Waals surface area contributed by atoms with E-state index in [4.69, 9.17) is 0 Å². The lowest BCUT2D eigenvalue weighted by molar-refractivity contribution is 0.102. The second-order valence-corrected chi connectivity index (χ2v) is 8.03. The van der Waals surface area contributed by atoms with Gasteiger partial charge >= 0.3 is 0 Å². The van der Waals surface area contributed by atoms with Crippen molar-refractivity contribution in [2.24, 2.45) is 0 Å². The van der Waals surface area contributed by atoms with Crippen LogP contribution < -0.4 is 10.2 Å². The van der Waals surface area contributed by atoms with Gasteiger partial charge in [0.15, 0.2) is 5.82 Å². The van der Waals surface area contributed by atoms with E-state index in [1.54, 1.807) is 12.1 Å². The molecule has 0 aliphatic carbocycles. The van der Waals surface area contributed by atoms with Gasteiger partial charge in [0.05, 0.1) is 5.69 Å². The van der Waals surface area contributed by atoms with Crippen LogP contribution in [0.15, 0.2) is 65.1 Å². The Morgan fingerprint density at radius 3 is 2.48 bits per heavy atom. The molecule has 1 aromatic heterocycles. The van der Waals surface area contributed by atoms with Gasteiger partial charge < -0.3 is 15.1 Å². The predicted molar refractivity (Wildman–Crippen MR) is 119 cm³/mol. The summed E-state index contributed by atoms with van der Waals surface area (Å²) in [6.07, 6.45) is 0. The van der Waals surface area contributed by atoms with Gasteiger partial charge in [-0.15, -0.1) is 10.2 Å². The van der Waals surface area contributed by atoms with Crippen LogP contribution in [-0.4, -0.2) is 54.2 Å². The van der Waals surface area contributed by atoms with Crippen LogP contribution in [-0.2, 0) is 0 Å². The molecule has 0 atom stereocenters. The molecule has 1 aliphatic heterocycles. The maximum Gasteiger partial charge on any atom is 0.255 e. The Bertz CT molecular complexity index is 1000. The van der Waals surface area contributed by atoms with Gasteiger partial charge in [-0.2, -0.15) is 0 Å². The summed E-state index contributed by atoms with van der Waals surface area (Å²) in [4.78, 5) is 17.1. The molecule has 2 heterocycles. The summed E-state index contributed by atoms with van der Waals surface area (Å²) < 4.78 is 0.870. The number of anilines is 2. The van der Waals surface area contributed by atoms with Crippen molar-refractivity contribution in [3.8, 4) is 11.3 Å². The van der Waals surface area contributed by atoms with Gasteiger partial charge in [-0.05, 0) is 49.5 Å². The Kier molecular flexibility index (Phi) is 5.87. The van der Waals surface area contributed by atoms with Crippen molar-refractivity contribution in [2.45, 2.75) is 0 Å². The minimum atomic E-state index is -0.153. The van der Waals surface area contributed by atoms with E-state index in [0.717, 1.165) is 53.4 Å². The number of hydrogen-bond acceptors (Lipinski definition) is 5. The number of carbonyl (C=O) groups excluding carboxylic acids is 1. The quantitative estimate of drug-likeness (QED) is 0.651. The molecule has 0 radical (unpaired) electrons. The van der Waals surface area contributed by atoms with Crippen molar-refractivity contribution in [3.63, 3.8) is 0 Å². The highest BCUT2D eigenvalue weighted by Crippen LogP contribution is 2.23. The van der Waals surface area contributed by atoms with Crippen molar-refractivity contribution in [2.75, 3.05) is 43.4 Å². The molecule has 29 heavy (non-hydrogen) atoms. The summed E-state index contributed by atoms with van der Waals surface area (Å²) in [6, 6.07) is 19.0. The molecule has 7 heteroatoms. The van der Waals surface area contributed by atoms with Gasteiger partial charge in [-0.3, -0.25) is 4.79 Å². The van der Waals surface area contributed by atoms with Crippen LogP contribution in [0, 0.1) is 0 Å². The van der Waals surface area contributed by atoms with Crippen LogP contribution in [0.1, 0.15) is 10.4 Å². The summed E-state index contributed by atoms with van der Waals surface area (Å²) in [5, 5.41) is 11.8. The molecule has 1 saturated heterocycles. The molecule has 2 aromatic carbocycles. The lowest BCUT2D eigenvalue weighted by Crippen LogP contribution is -2.44. The monoisotopic (exact) mass is 451 g/mol. The number of carbonyl (C=O) groups is 1. The number of piperazine rings is 1. The smallest absolute Gasteiger partial charge is 0.255 e. The van der Waals surface area contributed by atoms with Crippen molar-refractivity contribution in [1.82, 2.24) is 15.1 Å². The van der Waals surface area contributed by atoms with Crippen molar-refractivity contribution in [3.05, 3.63) is 70.7 Å². The Morgan fingerprint density at radius 1 is 0.966 bits per heavy atom. The molecular weight excluding hydrogens is 430 g/mol. The highest BCUT2D eigenvalue weighted by atomic mass is 79.9. The van der Waals surface area contributed by atoms with Gasteiger partial charge in [-0.25, -0.2) is 0 Å². The van der Waals surface area contributed by atoms with Crippen molar-refractivity contribution in [1.29, 1.82) is 0 Å². The molecule has 0 bridgehead atoms. The van der Waals surface area contributed by atoms with Crippen LogP contribution in [0.3, 0.4) is 0 Å². The van der Waals surface area contributed by atoms with Gasteiger partial charge in [0.2, 0.25) is 0 Å². The molecule has 1 amide bonds. The van der Waals surface area contributed by atoms with E-state index < -0.39 is 0 Å². The van der Waals surface area contributed by atoms with E-state index in [0.29, 0.717) is 5.56 Å². The third-order valence-corrected chi connectivity index (χ3v) is 5.47. The molecule has 4 rings (SSSR count). The summed E-state index contributed by atoms with van der Waals surface area (Å²) in [5.74, 6) is 0.751. The highest BCUT2D eigenvalue weighted by molar-refractivity contribution is 9.10.